The summed E-state index contributed by atoms with van der Waals surface area (Å²) in [5.41, 5.74) is 5.80. The van der Waals surface area contributed by atoms with Gasteiger partial charge in [0.15, 0.2) is 0 Å². The van der Waals surface area contributed by atoms with E-state index in [1.54, 1.807) is 0 Å². The van der Waals surface area contributed by atoms with Crippen LogP contribution in [-0.2, 0) is 14.4 Å². The maximum absolute atomic E-state index is 13.4. The second-order valence-corrected chi connectivity index (χ2v) is 14.7. The van der Waals surface area contributed by atoms with Gasteiger partial charge in [-0.2, -0.15) is 0 Å². The van der Waals surface area contributed by atoms with Crippen molar-refractivity contribution in [2.45, 2.75) is 219 Å². The Morgan fingerprint density at radius 1 is 0.531 bits per heavy atom. The Morgan fingerprint density at radius 3 is 1.24 bits per heavy atom. The lowest BCUT2D eigenvalue weighted by atomic mass is 10.0. The van der Waals surface area contributed by atoms with E-state index in [0.717, 1.165) is 45.2 Å². The minimum absolute atomic E-state index is 0.0288. The molecule has 0 bridgehead atoms. The number of unbranched alkanes of at least 4 members (excludes halogenated alkanes) is 27. The number of carbonyl (C=O) groups is 3. The second-order valence-electron chi connectivity index (χ2n) is 14.7. The molecule has 7 heteroatoms. The van der Waals surface area contributed by atoms with Crippen LogP contribution in [0.2, 0.25) is 0 Å². The van der Waals surface area contributed by atoms with Gasteiger partial charge in [-0.1, -0.05) is 187 Å². The molecule has 1 atom stereocenters. The maximum atomic E-state index is 13.4. The molecule has 0 aromatic carbocycles. The van der Waals surface area contributed by atoms with Gasteiger partial charge in [0.2, 0.25) is 11.8 Å². The molecule has 0 radical (unpaired) electrons. The molecule has 0 aliphatic rings. The number of hydrogen-bond acceptors (Lipinski definition) is 5. The third-order valence-electron chi connectivity index (χ3n) is 10.1. The summed E-state index contributed by atoms with van der Waals surface area (Å²) in [6.07, 6.45) is 40.7. The van der Waals surface area contributed by atoms with Gasteiger partial charge in [0.05, 0.1) is 19.1 Å². The topological polar surface area (TPSA) is 105 Å². The van der Waals surface area contributed by atoms with Crippen molar-refractivity contribution < 1.29 is 14.4 Å². The van der Waals surface area contributed by atoms with E-state index in [2.05, 4.69) is 29.4 Å². The molecule has 0 fully saturated rings. The Labute approximate surface area is 304 Å². The summed E-state index contributed by atoms with van der Waals surface area (Å²) in [6.45, 7) is 6.92. The number of rotatable bonds is 40. The molecule has 0 aromatic heterocycles. The highest BCUT2D eigenvalue weighted by Gasteiger charge is 2.25. The molecule has 1 unspecified atom stereocenters. The van der Waals surface area contributed by atoms with Gasteiger partial charge in [-0.15, -0.1) is 0 Å². The monoisotopic (exact) mass is 693 g/mol. The van der Waals surface area contributed by atoms with Crippen molar-refractivity contribution in [3.63, 3.8) is 0 Å². The fourth-order valence-electron chi connectivity index (χ4n) is 6.91. The van der Waals surface area contributed by atoms with Crippen molar-refractivity contribution in [1.29, 1.82) is 0 Å². The quantitative estimate of drug-likeness (QED) is 0.0438. The highest BCUT2D eigenvalue weighted by Crippen LogP contribution is 2.17. The van der Waals surface area contributed by atoms with Gasteiger partial charge in [-0.05, 0) is 45.3 Å². The Balaban J connectivity index is 4.62. The summed E-state index contributed by atoms with van der Waals surface area (Å²) >= 11 is 0. The minimum Gasteiger partial charge on any atom is -0.348 e. The summed E-state index contributed by atoms with van der Waals surface area (Å²) in [7, 11) is 0. The zero-order valence-corrected chi connectivity index (χ0v) is 32.9. The predicted molar refractivity (Wildman–Crippen MR) is 211 cm³/mol. The average molecular weight is 693 g/mol. The molecule has 0 spiro atoms. The molecule has 0 rings (SSSR count). The van der Waals surface area contributed by atoms with Gasteiger partial charge in [-0.3, -0.25) is 14.5 Å². The molecular formula is C42H84N4O3. The fraction of sp³-hybridized carbons (Fsp3) is 0.929. The molecule has 0 heterocycles. The van der Waals surface area contributed by atoms with Crippen LogP contribution < -0.4 is 16.4 Å². The van der Waals surface area contributed by atoms with E-state index < -0.39 is 0 Å². The number of carbonyl (C=O) groups excluding carboxylic acids is 3. The van der Waals surface area contributed by atoms with E-state index in [-0.39, 0.29) is 30.9 Å². The maximum Gasteiger partial charge on any atom is 0.239 e. The van der Waals surface area contributed by atoms with Crippen molar-refractivity contribution in [2.75, 3.05) is 32.7 Å². The van der Waals surface area contributed by atoms with Crippen molar-refractivity contribution in [2.24, 2.45) is 5.73 Å². The first-order chi connectivity index (χ1) is 24.1. The number of amides is 2. The van der Waals surface area contributed by atoms with Crippen molar-refractivity contribution in [1.82, 2.24) is 15.5 Å². The smallest absolute Gasteiger partial charge is 0.239 e. The first-order valence-corrected chi connectivity index (χ1v) is 21.5. The molecule has 4 N–H and O–H groups in total. The molecule has 0 aromatic rings. The molecule has 2 amide bonds. The minimum atomic E-state index is -0.327. The molecule has 0 aliphatic heterocycles. The van der Waals surface area contributed by atoms with Gasteiger partial charge in [0.25, 0.3) is 0 Å². The normalized spacial score (nSPS) is 12.0. The van der Waals surface area contributed by atoms with E-state index >= 15 is 0 Å². The standard InChI is InChI=1S/C42H84N4O3/c1-3-5-7-9-11-13-15-17-19-21-23-25-27-31-36-46(37-32-28-26-24-22-20-18-16-14-12-10-8-6-4-2)40(33-29-30-34-43)42(49)45-39-41(48)44-35-38-47/h38,40H,3-37,39,43H2,1-2H3,(H,44,48)(H,45,49). The Hall–Kier alpha value is -1.47. The average Bonchev–Trinajstić information content (AvgIpc) is 3.11. The summed E-state index contributed by atoms with van der Waals surface area (Å²) in [6, 6.07) is -0.241. The molecule has 0 aliphatic carbocycles. The Bertz CT molecular complexity index is 688. The number of nitrogens with one attached hydrogen (secondary N) is 2. The molecular weight excluding hydrogens is 608 g/mol. The summed E-state index contributed by atoms with van der Waals surface area (Å²) in [5.74, 6) is -0.402. The fourth-order valence-corrected chi connectivity index (χ4v) is 6.91. The number of hydrogen-bond donors (Lipinski definition) is 3. The second kappa shape index (κ2) is 39.3. The zero-order chi connectivity index (χ0) is 35.9. The van der Waals surface area contributed by atoms with Crippen LogP contribution in [0.15, 0.2) is 0 Å². The SMILES string of the molecule is CCCCCCCCCCCCCCCCN(CCCCCCCCCCCCCCCC)C(CCCCN)C(=O)NCC(=O)NCC=O. The lowest BCUT2D eigenvalue weighted by molar-refractivity contribution is -0.130. The number of nitrogens with two attached hydrogens (primary N) is 1. The van der Waals surface area contributed by atoms with Gasteiger partial charge >= 0.3 is 0 Å². The van der Waals surface area contributed by atoms with E-state index in [9.17, 15) is 14.4 Å². The summed E-state index contributed by atoms with van der Waals surface area (Å²) < 4.78 is 0. The molecule has 290 valence electrons. The third kappa shape index (κ3) is 33.4. The highest BCUT2D eigenvalue weighted by atomic mass is 16.2. The first-order valence-electron chi connectivity index (χ1n) is 21.5. The lowest BCUT2D eigenvalue weighted by Crippen LogP contribution is -2.50. The molecule has 49 heavy (non-hydrogen) atoms. The van der Waals surface area contributed by atoms with Crippen LogP contribution in [0.4, 0.5) is 0 Å². The van der Waals surface area contributed by atoms with Crippen molar-refractivity contribution >= 4 is 18.1 Å². The molecule has 7 nitrogen and oxygen atoms in total. The Morgan fingerprint density at radius 2 is 0.898 bits per heavy atom. The molecule has 0 saturated carbocycles. The van der Waals surface area contributed by atoms with E-state index in [1.165, 1.54) is 167 Å². The zero-order valence-electron chi connectivity index (χ0n) is 32.9. The van der Waals surface area contributed by atoms with Crippen LogP contribution in [0, 0.1) is 0 Å². The lowest BCUT2D eigenvalue weighted by Gasteiger charge is -2.31. The van der Waals surface area contributed by atoms with Crippen molar-refractivity contribution in [3.8, 4) is 0 Å². The summed E-state index contributed by atoms with van der Waals surface area (Å²) in [5, 5.41) is 5.38. The predicted octanol–water partition coefficient (Wildman–Crippen LogP) is 10.2. The van der Waals surface area contributed by atoms with E-state index in [4.69, 9.17) is 5.73 Å². The van der Waals surface area contributed by atoms with Crippen LogP contribution in [0.1, 0.15) is 213 Å². The van der Waals surface area contributed by atoms with Gasteiger partial charge in [0, 0.05) is 0 Å². The van der Waals surface area contributed by atoms with Gasteiger partial charge < -0.3 is 21.2 Å². The Kier molecular flexibility index (Phi) is 38.1. The van der Waals surface area contributed by atoms with E-state index in [0.29, 0.717) is 12.8 Å². The van der Waals surface area contributed by atoms with Gasteiger partial charge in [0.1, 0.15) is 6.29 Å². The number of nitrogens with zero attached hydrogens (tertiary/aromatic N) is 1. The highest BCUT2D eigenvalue weighted by molar-refractivity contribution is 5.88. The van der Waals surface area contributed by atoms with Crippen molar-refractivity contribution in [3.05, 3.63) is 0 Å². The van der Waals surface area contributed by atoms with Crippen LogP contribution in [-0.4, -0.2) is 61.8 Å². The van der Waals surface area contributed by atoms with Crippen LogP contribution in [0.25, 0.3) is 0 Å². The third-order valence-corrected chi connectivity index (χ3v) is 10.1. The van der Waals surface area contributed by atoms with Crippen LogP contribution >= 0.6 is 0 Å². The van der Waals surface area contributed by atoms with Crippen LogP contribution in [0.3, 0.4) is 0 Å². The van der Waals surface area contributed by atoms with E-state index in [1.807, 2.05) is 0 Å². The number of aldehydes is 1. The van der Waals surface area contributed by atoms with Crippen LogP contribution in [0.5, 0.6) is 0 Å². The molecule has 0 saturated heterocycles. The largest absolute Gasteiger partial charge is 0.348 e. The van der Waals surface area contributed by atoms with Gasteiger partial charge in [-0.25, -0.2) is 0 Å². The first kappa shape index (κ1) is 47.5. The summed E-state index contributed by atoms with van der Waals surface area (Å²) in [4.78, 5) is 38.5.